The molecule has 0 radical (unpaired) electrons. The van der Waals surface area contributed by atoms with Crippen LogP contribution in [0.2, 0.25) is 0 Å². The third kappa shape index (κ3) is 3.77. The average Bonchev–Trinajstić information content (AvgIpc) is 3.06. The molecule has 0 aliphatic heterocycles. The van der Waals surface area contributed by atoms with Crippen molar-refractivity contribution in [2.75, 3.05) is 0 Å². The van der Waals surface area contributed by atoms with Crippen LogP contribution in [-0.2, 0) is 0 Å². The SMILES string of the molecule is C(#Cc1ccc(N=Nc2ccccc2)cc1)C1=CC=CC1. The smallest absolute Gasteiger partial charge is 0.0857 e. The van der Waals surface area contributed by atoms with E-state index < -0.39 is 0 Å². The van der Waals surface area contributed by atoms with Crippen molar-refractivity contribution in [1.82, 2.24) is 0 Å². The molecule has 2 heteroatoms. The summed E-state index contributed by atoms with van der Waals surface area (Å²) in [5.41, 5.74) is 3.82. The van der Waals surface area contributed by atoms with Gasteiger partial charge in [-0.15, -0.1) is 0 Å². The summed E-state index contributed by atoms with van der Waals surface area (Å²) in [7, 11) is 0. The predicted molar refractivity (Wildman–Crippen MR) is 85.8 cm³/mol. The van der Waals surface area contributed by atoms with Gasteiger partial charge in [0.25, 0.3) is 0 Å². The first-order valence-corrected chi connectivity index (χ1v) is 6.85. The van der Waals surface area contributed by atoms with Crippen LogP contribution in [0.15, 0.2) is 88.6 Å². The fraction of sp³-hybridized carbons (Fsp3) is 0.0526. The van der Waals surface area contributed by atoms with Gasteiger partial charge >= 0.3 is 0 Å². The summed E-state index contributed by atoms with van der Waals surface area (Å²) >= 11 is 0. The highest BCUT2D eigenvalue weighted by Gasteiger charge is 1.94. The maximum Gasteiger partial charge on any atom is 0.0857 e. The fourth-order valence-electron chi connectivity index (χ4n) is 1.91. The van der Waals surface area contributed by atoms with E-state index in [1.54, 1.807) is 0 Å². The maximum atomic E-state index is 4.21. The number of rotatable bonds is 2. The molecule has 0 atom stereocenters. The third-order valence-corrected chi connectivity index (χ3v) is 3.04. The molecule has 100 valence electrons. The van der Waals surface area contributed by atoms with Crippen molar-refractivity contribution in [3.05, 3.63) is 84.0 Å². The van der Waals surface area contributed by atoms with Crippen LogP contribution in [0.5, 0.6) is 0 Å². The van der Waals surface area contributed by atoms with Gasteiger partial charge in [0.05, 0.1) is 11.4 Å². The van der Waals surface area contributed by atoms with E-state index >= 15 is 0 Å². The third-order valence-electron chi connectivity index (χ3n) is 3.04. The van der Waals surface area contributed by atoms with E-state index in [0.29, 0.717) is 0 Å². The first-order chi connectivity index (χ1) is 10.4. The van der Waals surface area contributed by atoms with Gasteiger partial charge in [-0.3, -0.25) is 0 Å². The summed E-state index contributed by atoms with van der Waals surface area (Å²) in [6.07, 6.45) is 7.14. The molecule has 21 heavy (non-hydrogen) atoms. The molecule has 0 heterocycles. The van der Waals surface area contributed by atoms with Gasteiger partial charge in [-0.1, -0.05) is 48.3 Å². The molecule has 3 rings (SSSR count). The minimum Gasteiger partial charge on any atom is -0.151 e. The zero-order valence-electron chi connectivity index (χ0n) is 11.5. The van der Waals surface area contributed by atoms with Gasteiger partial charge in [-0.2, -0.15) is 10.2 Å². The molecule has 0 aromatic heterocycles. The molecule has 1 aliphatic carbocycles. The van der Waals surface area contributed by atoms with Crippen LogP contribution in [0.1, 0.15) is 12.0 Å². The highest BCUT2D eigenvalue weighted by molar-refractivity contribution is 5.48. The quantitative estimate of drug-likeness (QED) is 0.520. The van der Waals surface area contributed by atoms with Gasteiger partial charge in [0.15, 0.2) is 0 Å². The Kier molecular flexibility index (Phi) is 4.04. The lowest BCUT2D eigenvalue weighted by Crippen LogP contribution is -1.74. The Morgan fingerprint density at radius 3 is 2.14 bits per heavy atom. The van der Waals surface area contributed by atoms with Crippen LogP contribution in [0.25, 0.3) is 0 Å². The topological polar surface area (TPSA) is 24.7 Å². The molecule has 0 unspecified atom stereocenters. The minimum atomic E-state index is 0.825. The van der Waals surface area contributed by atoms with E-state index in [4.69, 9.17) is 0 Å². The number of azo groups is 1. The lowest BCUT2D eigenvalue weighted by Gasteiger charge is -1.94. The molecule has 2 nitrogen and oxygen atoms in total. The monoisotopic (exact) mass is 270 g/mol. The van der Waals surface area contributed by atoms with Crippen LogP contribution in [0, 0.1) is 11.8 Å². The van der Waals surface area contributed by atoms with Gasteiger partial charge in [0.1, 0.15) is 0 Å². The van der Waals surface area contributed by atoms with Crippen molar-refractivity contribution in [3.8, 4) is 11.8 Å². The molecule has 1 aliphatic rings. The maximum absolute atomic E-state index is 4.21. The Labute approximate surface area is 124 Å². The summed E-state index contributed by atoms with van der Waals surface area (Å²) in [5, 5.41) is 8.40. The van der Waals surface area contributed by atoms with Crippen molar-refractivity contribution < 1.29 is 0 Å². The highest BCUT2D eigenvalue weighted by Crippen LogP contribution is 2.18. The second-order valence-corrected chi connectivity index (χ2v) is 4.66. The average molecular weight is 270 g/mol. The van der Waals surface area contributed by atoms with Crippen molar-refractivity contribution in [2.24, 2.45) is 10.2 Å². The summed E-state index contributed by atoms with van der Waals surface area (Å²) in [4.78, 5) is 0. The van der Waals surface area contributed by atoms with Crippen LogP contribution in [-0.4, -0.2) is 0 Å². The largest absolute Gasteiger partial charge is 0.151 e. The van der Waals surface area contributed by atoms with Crippen LogP contribution in [0.4, 0.5) is 11.4 Å². The van der Waals surface area contributed by atoms with Crippen molar-refractivity contribution >= 4 is 11.4 Å². The Bertz CT molecular complexity index is 755. The fourth-order valence-corrected chi connectivity index (χ4v) is 1.91. The Morgan fingerprint density at radius 2 is 1.48 bits per heavy atom. The number of hydrogen-bond donors (Lipinski definition) is 0. The second-order valence-electron chi connectivity index (χ2n) is 4.66. The Balaban J connectivity index is 1.68. The molecule has 0 saturated heterocycles. The van der Waals surface area contributed by atoms with Crippen LogP contribution < -0.4 is 0 Å². The van der Waals surface area contributed by atoms with Gasteiger partial charge in [0.2, 0.25) is 0 Å². The Morgan fingerprint density at radius 1 is 0.762 bits per heavy atom. The number of allylic oxidation sites excluding steroid dienone is 4. The standard InChI is InChI=1S/C19H14N2/c1-2-8-18(9-3-1)20-21-19-14-12-17(13-15-19)11-10-16-6-4-5-7-16/h1-6,8-9,12-15H,7H2. The molecule has 0 N–H and O–H groups in total. The van der Waals surface area contributed by atoms with Crippen molar-refractivity contribution in [2.45, 2.75) is 6.42 Å². The Hall–Kier alpha value is -2.92. The lowest BCUT2D eigenvalue weighted by molar-refractivity contribution is 1.23. The highest BCUT2D eigenvalue weighted by atomic mass is 15.1. The summed E-state index contributed by atoms with van der Waals surface area (Å²) in [5.74, 6) is 6.33. The first kappa shape index (κ1) is 13.1. The number of hydrogen-bond acceptors (Lipinski definition) is 2. The van der Waals surface area contributed by atoms with E-state index in [9.17, 15) is 0 Å². The van der Waals surface area contributed by atoms with E-state index in [1.165, 1.54) is 0 Å². The minimum absolute atomic E-state index is 0.825. The lowest BCUT2D eigenvalue weighted by atomic mass is 10.2. The van der Waals surface area contributed by atoms with Gasteiger partial charge in [-0.05, 0) is 42.8 Å². The molecular formula is C19H14N2. The molecule has 2 aromatic carbocycles. The molecule has 0 saturated carbocycles. The van der Waals surface area contributed by atoms with E-state index in [1.807, 2.05) is 60.7 Å². The molecule has 0 spiro atoms. The summed E-state index contributed by atoms with van der Waals surface area (Å²) < 4.78 is 0. The van der Waals surface area contributed by atoms with Crippen LogP contribution in [0.3, 0.4) is 0 Å². The van der Waals surface area contributed by atoms with E-state index in [0.717, 1.165) is 28.9 Å². The zero-order chi connectivity index (χ0) is 14.3. The molecular weight excluding hydrogens is 256 g/mol. The van der Waals surface area contributed by atoms with Gasteiger partial charge in [0, 0.05) is 11.1 Å². The van der Waals surface area contributed by atoms with Crippen molar-refractivity contribution in [3.63, 3.8) is 0 Å². The molecule has 0 amide bonds. The van der Waals surface area contributed by atoms with Crippen LogP contribution >= 0.6 is 0 Å². The molecule has 0 fully saturated rings. The van der Waals surface area contributed by atoms with E-state index in [-0.39, 0.29) is 0 Å². The predicted octanol–water partition coefficient (Wildman–Crippen LogP) is 5.34. The zero-order valence-corrected chi connectivity index (χ0v) is 11.5. The summed E-state index contributed by atoms with van der Waals surface area (Å²) in [6.45, 7) is 0. The normalized spacial score (nSPS) is 13.0. The van der Waals surface area contributed by atoms with Gasteiger partial charge < -0.3 is 0 Å². The number of benzene rings is 2. The van der Waals surface area contributed by atoms with E-state index in [2.05, 4.69) is 34.2 Å². The first-order valence-electron chi connectivity index (χ1n) is 6.85. The molecule has 2 aromatic rings. The summed E-state index contributed by atoms with van der Waals surface area (Å²) in [6, 6.07) is 17.5. The van der Waals surface area contributed by atoms with Crippen molar-refractivity contribution in [1.29, 1.82) is 0 Å². The number of nitrogens with zero attached hydrogens (tertiary/aromatic N) is 2. The second kappa shape index (κ2) is 6.49. The van der Waals surface area contributed by atoms with Gasteiger partial charge in [-0.25, -0.2) is 0 Å². The molecule has 0 bridgehead atoms.